The van der Waals surface area contributed by atoms with E-state index < -0.39 is 0 Å². The number of rotatable bonds is 6. The average Bonchev–Trinajstić information content (AvgIpc) is 2.70. The van der Waals surface area contributed by atoms with Gasteiger partial charge in [0.15, 0.2) is 0 Å². The van der Waals surface area contributed by atoms with Gasteiger partial charge in [0.2, 0.25) is 5.22 Å². The number of nitrogens with one attached hydrogen (secondary N) is 1. The van der Waals surface area contributed by atoms with Gasteiger partial charge in [-0.2, -0.15) is 0 Å². The van der Waals surface area contributed by atoms with E-state index >= 15 is 0 Å². The van der Waals surface area contributed by atoms with E-state index in [-0.39, 0.29) is 11.1 Å². The maximum Gasteiger partial charge on any atom is 0.256 e. The van der Waals surface area contributed by atoms with E-state index in [1.807, 2.05) is 0 Å². The topological polar surface area (TPSA) is 42.2 Å². The van der Waals surface area contributed by atoms with Crippen molar-refractivity contribution < 1.29 is 9.21 Å². The van der Waals surface area contributed by atoms with Gasteiger partial charge in [0.25, 0.3) is 5.91 Å². The molecule has 0 spiro atoms. The Bertz CT molecular complexity index is 338. The Morgan fingerprint density at radius 1 is 1.62 bits per heavy atom. The summed E-state index contributed by atoms with van der Waals surface area (Å²) in [7, 11) is 0. The van der Waals surface area contributed by atoms with Crippen LogP contribution in [-0.4, -0.2) is 18.3 Å². The van der Waals surface area contributed by atoms with Gasteiger partial charge < -0.3 is 9.73 Å². The minimum absolute atomic E-state index is 0.131. The quantitative estimate of drug-likeness (QED) is 0.632. The van der Waals surface area contributed by atoms with Crippen molar-refractivity contribution in [3.8, 4) is 0 Å². The summed E-state index contributed by atoms with van der Waals surface area (Å²) >= 11 is 11.4. The molecule has 0 aliphatic heterocycles. The number of hydrogen-bond donors (Lipinski definition) is 1. The van der Waals surface area contributed by atoms with Crippen LogP contribution in [0.4, 0.5) is 0 Å². The standard InChI is InChI=1S/C11H15Cl2NO2/c1-8(7-12)3-2-5-14-11(15)9-4-6-16-10(9)13/h4,6,8H,2-3,5,7H2,1H3,(H,14,15). The molecule has 0 saturated heterocycles. The predicted molar refractivity (Wildman–Crippen MR) is 65.2 cm³/mol. The highest BCUT2D eigenvalue weighted by molar-refractivity contribution is 6.32. The van der Waals surface area contributed by atoms with Crippen LogP contribution < -0.4 is 5.32 Å². The monoisotopic (exact) mass is 263 g/mol. The minimum Gasteiger partial charge on any atom is -0.452 e. The van der Waals surface area contributed by atoms with E-state index in [1.165, 1.54) is 6.26 Å². The number of hydrogen-bond acceptors (Lipinski definition) is 2. The van der Waals surface area contributed by atoms with E-state index in [1.54, 1.807) is 6.07 Å². The lowest BCUT2D eigenvalue weighted by Crippen LogP contribution is -2.24. The highest BCUT2D eigenvalue weighted by Crippen LogP contribution is 2.16. The average molecular weight is 264 g/mol. The molecule has 5 heteroatoms. The molecule has 1 rings (SSSR count). The van der Waals surface area contributed by atoms with Crippen molar-refractivity contribution in [1.29, 1.82) is 0 Å². The van der Waals surface area contributed by atoms with Gasteiger partial charge in [-0.3, -0.25) is 4.79 Å². The first-order valence-corrected chi connectivity index (χ1v) is 6.13. The maximum atomic E-state index is 11.6. The van der Waals surface area contributed by atoms with Gasteiger partial charge in [0, 0.05) is 12.4 Å². The summed E-state index contributed by atoms with van der Waals surface area (Å²) in [5.74, 6) is 0.940. The molecule has 1 amide bonds. The fourth-order valence-corrected chi connectivity index (χ4v) is 1.64. The van der Waals surface area contributed by atoms with Gasteiger partial charge in [0.1, 0.15) is 0 Å². The predicted octanol–water partition coefficient (Wildman–Crippen LogP) is 3.32. The van der Waals surface area contributed by atoms with Crippen molar-refractivity contribution in [3.05, 3.63) is 23.1 Å². The van der Waals surface area contributed by atoms with Gasteiger partial charge in [-0.1, -0.05) is 6.92 Å². The number of carbonyl (C=O) groups is 1. The van der Waals surface area contributed by atoms with Gasteiger partial charge >= 0.3 is 0 Å². The van der Waals surface area contributed by atoms with E-state index in [4.69, 9.17) is 27.6 Å². The number of carbonyl (C=O) groups excluding carboxylic acids is 1. The van der Waals surface area contributed by atoms with Crippen molar-refractivity contribution in [2.75, 3.05) is 12.4 Å². The molecule has 0 saturated carbocycles. The molecule has 0 bridgehead atoms. The number of furan rings is 1. The van der Waals surface area contributed by atoms with Crippen molar-refractivity contribution in [3.63, 3.8) is 0 Å². The molecule has 0 fully saturated rings. The van der Waals surface area contributed by atoms with E-state index in [2.05, 4.69) is 12.2 Å². The Morgan fingerprint density at radius 3 is 2.94 bits per heavy atom. The third kappa shape index (κ3) is 4.06. The molecule has 0 aliphatic rings. The molecule has 90 valence electrons. The van der Waals surface area contributed by atoms with Crippen LogP contribution in [0.5, 0.6) is 0 Å². The molecule has 0 radical (unpaired) electrons. The van der Waals surface area contributed by atoms with Crippen LogP contribution in [0.25, 0.3) is 0 Å². The molecule has 0 aromatic carbocycles. The first-order valence-electron chi connectivity index (χ1n) is 5.22. The van der Waals surface area contributed by atoms with Crippen molar-refractivity contribution in [1.82, 2.24) is 5.32 Å². The second-order valence-electron chi connectivity index (χ2n) is 3.77. The van der Waals surface area contributed by atoms with Gasteiger partial charge in [-0.05, 0) is 36.4 Å². The summed E-state index contributed by atoms with van der Waals surface area (Å²) in [5.41, 5.74) is 0.382. The number of alkyl halides is 1. The van der Waals surface area contributed by atoms with E-state index in [9.17, 15) is 4.79 Å². The van der Waals surface area contributed by atoms with Crippen LogP contribution in [0.2, 0.25) is 5.22 Å². The van der Waals surface area contributed by atoms with Crippen molar-refractivity contribution in [2.45, 2.75) is 19.8 Å². The molecule has 0 aliphatic carbocycles. The van der Waals surface area contributed by atoms with Crippen LogP contribution in [0, 0.1) is 5.92 Å². The minimum atomic E-state index is -0.197. The smallest absolute Gasteiger partial charge is 0.256 e. The highest BCUT2D eigenvalue weighted by Gasteiger charge is 2.11. The Hall–Kier alpha value is -0.670. The van der Waals surface area contributed by atoms with Crippen LogP contribution in [0.1, 0.15) is 30.1 Å². The molecule has 1 N–H and O–H groups in total. The van der Waals surface area contributed by atoms with E-state index in [0.29, 0.717) is 23.9 Å². The first kappa shape index (κ1) is 13.4. The zero-order valence-electron chi connectivity index (χ0n) is 9.13. The van der Waals surface area contributed by atoms with Gasteiger partial charge in [-0.15, -0.1) is 11.6 Å². The molecule has 1 unspecified atom stereocenters. The third-order valence-electron chi connectivity index (χ3n) is 2.29. The fraction of sp³-hybridized carbons (Fsp3) is 0.545. The Kier molecular flexibility index (Phi) is 5.71. The summed E-state index contributed by atoms with van der Waals surface area (Å²) in [4.78, 5) is 11.6. The second kappa shape index (κ2) is 6.81. The lowest BCUT2D eigenvalue weighted by atomic mass is 10.1. The number of halogens is 2. The van der Waals surface area contributed by atoms with Crippen LogP contribution >= 0.6 is 23.2 Å². The Morgan fingerprint density at radius 2 is 2.38 bits per heavy atom. The summed E-state index contributed by atoms with van der Waals surface area (Å²) in [6.45, 7) is 2.71. The molecule has 1 heterocycles. The fourth-order valence-electron chi connectivity index (χ4n) is 1.28. The summed E-state index contributed by atoms with van der Waals surface area (Å²) in [6.07, 6.45) is 3.31. The van der Waals surface area contributed by atoms with Crippen LogP contribution in [0.15, 0.2) is 16.7 Å². The molecule has 1 aromatic heterocycles. The summed E-state index contributed by atoms with van der Waals surface area (Å²) in [6, 6.07) is 1.55. The summed E-state index contributed by atoms with van der Waals surface area (Å²) in [5, 5.41) is 2.91. The molecular formula is C11H15Cl2NO2. The summed E-state index contributed by atoms with van der Waals surface area (Å²) < 4.78 is 4.83. The van der Waals surface area contributed by atoms with Crippen molar-refractivity contribution >= 4 is 29.1 Å². The Balaban J connectivity index is 2.24. The zero-order valence-corrected chi connectivity index (χ0v) is 10.6. The molecule has 1 aromatic rings. The lowest BCUT2D eigenvalue weighted by Gasteiger charge is -2.07. The second-order valence-corrected chi connectivity index (χ2v) is 4.42. The highest BCUT2D eigenvalue weighted by atomic mass is 35.5. The number of amides is 1. The van der Waals surface area contributed by atoms with E-state index in [0.717, 1.165) is 12.8 Å². The largest absolute Gasteiger partial charge is 0.452 e. The lowest BCUT2D eigenvalue weighted by molar-refractivity contribution is 0.0952. The van der Waals surface area contributed by atoms with Crippen LogP contribution in [0.3, 0.4) is 0 Å². The molecule has 3 nitrogen and oxygen atoms in total. The molecular weight excluding hydrogens is 249 g/mol. The molecule has 16 heavy (non-hydrogen) atoms. The maximum absolute atomic E-state index is 11.6. The Labute approximate surface area is 105 Å². The van der Waals surface area contributed by atoms with Crippen molar-refractivity contribution in [2.24, 2.45) is 5.92 Å². The molecule has 1 atom stereocenters. The normalized spacial score (nSPS) is 12.4. The SMILES string of the molecule is CC(CCl)CCCNC(=O)c1ccoc1Cl. The zero-order chi connectivity index (χ0) is 12.0. The van der Waals surface area contributed by atoms with Gasteiger partial charge in [0.05, 0.1) is 11.8 Å². The third-order valence-corrected chi connectivity index (χ3v) is 3.10. The van der Waals surface area contributed by atoms with Gasteiger partial charge in [-0.25, -0.2) is 0 Å². The first-order chi connectivity index (χ1) is 7.65. The van der Waals surface area contributed by atoms with Crippen LogP contribution in [-0.2, 0) is 0 Å².